The van der Waals surface area contributed by atoms with E-state index in [2.05, 4.69) is 23.6 Å². The molecule has 6 nitrogen and oxygen atoms in total. The van der Waals surface area contributed by atoms with E-state index in [1.807, 2.05) is 32.0 Å². The van der Waals surface area contributed by atoms with E-state index in [0.717, 1.165) is 18.1 Å². The number of hydrogen-bond acceptors (Lipinski definition) is 5. The van der Waals surface area contributed by atoms with Crippen LogP contribution in [-0.4, -0.2) is 41.1 Å². The van der Waals surface area contributed by atoms with E-state index in [1.165, 1.54) is 23.8 Å². The van der Waals surface area contributed by atoms with E-state index in [1.54, 1.807) is 12.1 Å². The number of rotatable bonds is 10. The number of aryl methyl sites for hydroxylation is 1. The monoisotopic (exact) mass is 536 g/mol. The van der Waals surface area contributed by atoms with Crippen molar-refractivity contribution in [3.63, 3.8) is 0 Å². The Bertz CT molecular complexity index is 1340. The molecule has 4 rings (SSSR count). The van der Waals surface area contributed by atoms with Crippen molar-refractivity contribution >= 4 is 11.7 Å². The summed E-state index contributed by atoms with van der Waals surface area (Å²) in [5.74, 6) is -1.72. The molecule has 3 N–H and O–H groups in total. The molecule has 1 heterocycles. The first-order chi connectivity index (χ1) is 18.5. The predicted molar refractivity (Wildman–Crippen MR) is 145 cm³/mol. The number of carbonyl (C=O) groups excluding carboxylic acids is 2. The zero-order valence-corrected chi connectivity index (χ0v) is 22.4. The number of nitrogens with one attached hydrogen (secondary N) is 2. The summed E-state index contributed by atoms with van der Waals surface area (Å²) >= 11 is 0. The summed E-state index contributed by atoms with van der Waals surface area (Å²) < 4.78 is 33.6. The van der Waals surface area contributed by atoms with Crippen LogP contribution in [0.25, 0.3) is 0 Å². The van der Waals surface area contributed by atoms with Gasteiger partial charge in [0, 0.05) is 24.7 Å². The number of amides is 1. The average Bonchev–Trinajstić information content (AvgIpc) is 2.87. The van der Waals surface area contributed by atoms with Crippen molar-refractivity contribution in [2.45, 2.75) is 64.3 Å². The summed E-state index contributed by atoms with van der Waals surface area (Å²) in [6, 6.07) is 15.0. The van der Waals surface area contributed by atoms with Crippen molar-refractivity contribution in [3.05, 3.63) is 100 Å². The van der Waals surface area contributed by atoms with Gasteiger partial charge < -0.3 is 20.5 Å². The van der Waals surface area contributed by atoms with E-state index in [4.69, 9.17) is 4.74 Å². The van der Waals surface area contributed by atoms with Crippen molar-refractivity contribution < 1.29 is 28.2 Å². The Morgan fingerprint density at radius 2 is 1.74 bits per heavy atom. The molecule has 8 heteroatoms. The maximum Gasteiger partial charge on any atom is 0.251 e. The lowest BCUT2D eigenvalue weighted by Gasteiger charge is -2.31. The van der Waals surface area contributed by atoms with Crippen LogP contribution >= 0.6 is 0 Å². The molecule has 39 heavy (non-hydrogen) atoms. The SMILES string of the molecule is CCc1cccc(CNC[C@@H](O)[C@H](Cc2cc(F)cc(F)c2)NC(=O)c2ccc3c(c2)C(=O)CC(C)(C)O3)c1. The second-order valence-corrected chi connectivity index (χ2v) is 10.6. The average molecular weight is 537 g/mol. The molecule has 0 saturated carbocycles. The summed E-state index contributed by atoms with van der Waals surface area (Å²) in [5.41, 5.74) is 2.46. The molecular weight excluding hydrogens is 502 g/mol. The Labute approximate surface area is 227 Å². The molecule has 0 radical (unpaired) electrons. The summed E-state index contributed by atoms with van der Waals surface area (Å²) in [4.78, 5) is 25.9. The maximum absolute atomic E-state index is 13.9. The van der Waals surface area contributed by atoms with Crippen molar-refractivity contribution in [1.29, 1.82) is 0 Å². The second-order valence-electron chi connectivity index (χ2n) is 10.6. The minimum atomic E-state index is -1.07. The van der Waals surface area contributed by atoms with Crippen LogP contribution in [0.5, 0.6) is 5.75 Å². The van der Waals surface area contributed by atoms with Crippen LogP contribution in [0.3, 0.4) is 0 Å². The predicted octanol–water partition coefficient (Wildman–Crippen LogP) is 4.76. The fourth-order valence-corrected chi connectivity index (χ4v) is 4.78. The number of aliphatic hydroxyl groups is 1. The third kappa shape index (κ3) is 7.49. The number of halogens is 2. The van der Waals surface area contributed by atoms with Gasteiger partial charge in [-0.15, -0.1) is 0 Å². The third-order valence-electron chi connectivity index (χ3n) is 6.76. The topological polar surface area (TPSA) is 87.7 Å². The molecule has 206 valence electrons. The first-order valence-electron chi connectivity index (χ1n) is 13.1. The van der Waals surface area contributed by atoms with Gasteiger partial charge in [0.2, 0.25) is 0 Å². The molecule has 3 aromatic carbocycles. The van der Waals surface area contributed by atoms with E-state index >= 15 is 0 Å². The summed E-state index contributed by atoms with van der Waals surface area (Å²) in [5, 5.41) is 17.0. The number of benzene rings is 3. The number of Topliss-reactive ketones (excluding diaryl/α,β-unsaturated/α-hetero) is 1. The van der Waals surface area contributed by atoms with Gasteiger partial charge in [-0.2, -0.15) is 0 Å². The van der Waals surface area contributed by atoms with Gasteiger partial charge >= 0.3 is 0 Å². The van der Waals surface area contributed by atoms with Crippen molar-refractivity contribution in [2.75, 3.05) is 6.54 Å². The van der Waals surface area contributed by atoms with E-state index in [-0.39, 0.29) is 30.7 Å². The number of ketones is 1. The highest BCUT2D eigenvalue weighted by molar-refractivity contribution is 6.03. The zero-order valence-electron chi connectivity index (χ0n) is 22.4. The van der Waals surface area contributed by atoms with Crippen LogP contribution < -0.4 is 15.4 Å². The molecule has 1 aliphatic rings. The Hall–Kier alpha value is -3.62. The lowest BCUT2D eigenvalue weighted by Crippen LogP contribution is -2.48. The molecule has 0 spiro atoms. The number of ether oxygens (including phenoxy) is 1. The van der Waals surface area contributed by atoms with Crippen molar-refractivity contribution in [3.8, 4) is 5.75 Å². The molecule has 2 atom stereocenters. The second kappa shape index (κ2) is 12.1. The highest BCUT2D eigenvalue weighted by Gasteiger charge is 2.33. The summed E-state index contributed by atoms with van der Waals surface area (Å²) in [6.45, 7) is 6.35. The van der Waals surface area contributed by atoms with Crippen LogP contribution in [0.1, 0.15) is 64.6 Å². The normalized spacial score (nSPS) is 15.7. The fourth-order valence-electron chi connectivity index (χ4n) is 4.78. The molecular formula is C31H34F2N2O4. The minimum absolute atomic E-state index is 0.00421. The van der Waals surface area contributed by atoms with Gasteiger partial charge in [0.05, 0.1) is 24.1 Å². The maximum atomic E-state index is 13.9. The summed E-state index contributed by atoms with van der Waals surface area (Å²) in [6.07, 6.45) is 0.0191. The van der Waals surface area contributed by atoms with E-state index < -0.39 is 35.3 Å². The Morgan fingerprint density at radius 3 is 2.46 bits per heavy atom. The molecule has 0 unspecified atom stereocenters. The molecule has 1 aliphatic heterocycles. The molecule has 0 saturated heterocycles. The zero-order chi connectivity index (χ0) is 28.2. The third-order valence-corrected chi connectivity index (χ3v) is 6.76. The van der Waals surface area contributed by atoms with Gasteiger partial charge in [-0.3, -0.25) is 9.59 Å². The Kier molecular flexibility index (Phi) is 8.77. The number of carbonyl (C=O) groups is 2. The fraction of sp³-hybridized carbons (Fsp3) is 0.355. The minimum Gasteiger partial charge on any atom is -0.487 e. The van der Waals surface area contributed by atoms with Gasteiger partial charge in [-0.05, 0) is 73.7 Å². The lowest BCUT2D eigenvalue weighted by atomic mass is 9.92. The highest BCUT2D eigenvalue weighted by atomic mass is 19.1. The first-order valence-corrected chi connectivity index (χ1v) is 13.1. The molecule has 3 aromatic rings. The molecule has 0 aliphatic carbocycles. The van der Waals surface area contributed by atoms with Gasteiger partial charge in [-0.1, -0.05) is 31.2 Å². The molecule has 0 aromatic heterocycles. The standard InChI is InChI=1S/C31H34F2N2O4/c1-4-19-6-5-7-20(10-19)17-34-18-28(37)26(13-21-11-23(32)15-24(33)12-21)35-30(38)22-8-9-29-25(14-22)27(36)16-31(2,3)39-29/h5-12,14-15,26,28,34,37H,4,13,16-18H2,1-3H3,(H,35,38)/t26-,28+/m0/s1. The van der Waals surface area contributed by atoms with Gasteiger partial charge in [0.1, 0.15) is 23.0 Å². The van der Waals surface area contributed by atoms with Crippen LogP contribution in [0.15, 0.2) is 60.7 Å². The first kappa shape index (κ1) is 28.4. The van der Waals surface area contributed by atoms with Gasteiger partial charge in [0.15, 0.2) is 5.78 Å². The number of fused-ring (bicyclic) bond motifs is 1. The Balaban J connectivity index is 1.50. The molecule has 1 amide bonds. The van der Waals surface area contributed by atoms with E-state index in [0.29, 0.717) is 23.4 Å². The molecule has 0 fully saturated rings. The van der Waals surface area contributed by atoms with Crippen LogP contribution in [0.2, 0.25) is 0 Å². The van der Waals surface area contributed by atoms with Crippen molar-refractivity contribution in [2.24, 2.45) is 0 Å². The molecule has 0 bridgehead atoms. The highest BCUT2D eigenvalue weighted by Crippen LogP contribution is 2.33. The lowest BCUT2D eigenvalue weighted by molar-refractivity contribution is 0.0620. The quantitative estimate of drug-likeness (QED) is 0.348. The largest absolute Gasteiger partial charge is 0.487 e. The summed E-state index contributed by atoms with van der Waals surface area (Å²) in [7, 11) is 0. The van der Waals surface area contributed by atoms with Gasteiger partial charge in [0.25, 0.3) is 5.91 Å². The van der Waals surface area contributed by atoms with Crippen molar-refractivity contribution in [1.82, 2.24) is 10.6 Å². The number of hydrogen-bond donors (Lipinski definition) is 3. The van der Waals surface area contributed by atoms with Gasteiger partial charge in [-0.25, -0.2) is 8.78 Å². The Morgan fingerprint density at radius 1 is 1.03 bits per heavy atom. The number of aliphatic hydroxyl groups excluding tert-OH is 1. The van der Waals surface area contributed by atoms with E-state index in [9.17, 15) is 23.5 Å². The van der Waals surface area contributed by atoms with Crippen LogP contribution in [0, 0.1) is 11.6 Å². The van der Waals surface area contributed by atoms with Crippen LogP contribution in [0.4, 0.5) is 8.78 Å². The smallest absolute Gasteiger partial charge is 0.251 e. The van der Waals surface area contributed by atoms with Crippen LogP contribution in [-0.2, 0) is 19.4 Å².